The van der Waals surface area contributed by atoms with Crippen molar-refractivity contribution in [3.8, 4) is 11.5 Å². The van der Waals surface area contributed by atoms with Crippen molar-refractivity contribution in [2.75, 3.05) is 62.4 Å². The number of para-hydroxylation sites is 4. The number of ether oxygens (including phenoxy) is 2. The van der Waals surface area contributed by atoms with E-state index in [9.17, 15) is 0 Å². The van der Waals surface area contributed by atoms with E-state index in [0.29, 0.717) is 0 Å². The van der Waals surface area contributed by atoms with Crippen LogP contribution in [0.3, 0.4) is 0 Å². The largest absolute Gasteiger partial charge is 0.658 e. The van der Waals surface area contributed by atoms with Crippen molar-refractivity contribution in [3.63, 3.8) is 0 Å². The first-order chi connectivity index (χ1) is 13.4. The van der Waals surface area contributed by atoms with E-state index in [2.05, 4.69) is 21.9 Å². The molecule has 27 heavy (non-hydrogen) atoms. The molecule has 2 aliphatic heterocycles. The zero-order valence-corrected chi connectivity index (χ0v) is 15.4. The van der Waals surface area contributed by atoms with Crippen molar-refractivity contribution >= 4 is 19.1 Å². The fourth-order valence-corrected chi connectivity index (χ4v) is 3.37. The van der Waals surface area contributed by atoms with Crippen LogP contribution in [0.2, 0.25) is 0 Å². The van der Waals surface area contributed by atoms with Crippen LogP contribution in [0.4, 0.5) is 11.4 Å². The van der Waals surface area contributed by atoms with Crippen LogP contribution >= 0.6 is 0 Å². The van der Waals surface area contributed by atoms with E-state index in [1.165, 1.54) is 7.69 Å². The molecule has 2 aromatic rings. The maximum atomic E-state index is 5.86. The normalized spacial score (nSPS) is 17.5. The number of rotatable bonds is 6. The quantitative estimate of drug-likeness (QED) is 0.731. The molecule has 141 valence electrons. The molecule has 0 N–H and O–H groups in total. The van der Waals surface area contributed by atoms with Gasteiger partial charge in [-0.2, -0.15) is 0 Å². The molecule has 7 heteroatoms. The average molecular weight is 367 g/mol. The predicted molar refractivity (Wildman–Crippen MR) is 106 cm³/mol. The van der Waals surface area contributed by atoms with Crippen molar-refractivity contribution in [1.29, 1.82) is 0 Å². The van der Waals surface area contributed by atoms with Gasteiger partial charge in [-0.3, -0.25) is 0 Å². The van der Waals surface area contributed by atoms with E-state index in [1.54, 1.807) is 0 Å². The second-order valence-corrected chi connectivity index (χ2v) is 6.47. The molecule has 0 bridgehead atoms. The van der Waals surface area contributed by atoms with Gasteiger partial charge in [0.2, 0.25) is 0 Å². The molecule has 2 aliphatic rings. The molecule has 2 heterocycles. The first kappa shape index (κ1) is 18.0. The molecular weight excluding hydrogens is 343 g/mol. The summed E-state index contributed by atoms with van der Waals surface area (Å²) in [7, 11) is 1.42. The van der Waals surface area contributed by atoms with E-state index in [0.717, 1.165) is 75.5 Å². The zero-order chi connectivity index (χ0) is 18.3. The van der Waals surface area contributed by atoms with Crippen LogP contribution < -0.4 is 19.1 Å². The Kier molecular flexibility index (Phi) is 6.01. The van der Waals surface area contributed by atoms with Gasteiger partial charge in [0.25, 0.3) is 0 Å². The minimum absolute atomic E-state index is 0.738. The third kappa shape index (κ3) is 4.49. The summed E-state index contributed by atoms with van der Waals surface area (Å²) in [5.74, 6) is 1.56. The molecule has 0 atom stereocenters. The molecule has 2 fully saturated rings. The highest BCUT2D eigenvalue weighted by Crippen LogP contribution is 2.30. The Hall–Kier alpha value is -2.38. The Morgan fingerprint density at radius 2 is 1.04 bits per heavy atom. The van der Waals surface area contributed by atoms with Crippen LogP contribution in [0.1, 0.15) is 0 Å². The van der Waals surface area contributed by atoms with Gasteiger partial charge in [-0.15, -0.1) is 0 Å². The van der Waals surface area contributed by atoms with Crippen LogP contribution in [-0.4, -0.2) is 60.3 Å². The van der Waals surface area contributed by atoms with E-state index in [-0.39, 0.29) is 0 Å². The van der Waals surface area contributed by atoms with E-state index < -0.39 is 0 Å². The molecule has 2 saturated heterocycles. The summed E-state index contributed by atoms with van der Waals surface area (Å²) in [4.78, 5) is 4.54. The lowest BCUT2D eigenvalue weighted by molar-refractivity contribution is 0.122. The lowest BCUT2D eigenvalue weighted by Crippen LogP contribution is -2.36. The maximum Gasteiger partial charge on any atom is 0.658 e. The highest BCUT2D eigenvalue weighted by molar-refractivity contribution is 6.21. The average Bonchev–Trinajstić information content (AvgIpc) is 2.76. The number of morpholine rings is 2. The van der Waals surface area contributed by atoms with Crippen LogP contribution in [0.25, 0.3) is 0 Å². The van der Waals surface area contributed by atoms with Crippen molar-refractivity contribution in [1.82, 2.24) is 0 Å². The smallest absolute Gasteiger partial charge is 0.525 e. The van der Waals surface area contributed by atoms with Gasteiger partial charge in [0.05, 0.1) is 37.8 Å². The van der Waals surface area contributed by atoms with Gasteiger partial charge in [0.15, 0.2) is 0 Å². The lowest BCUT2D eigenvalue weighted by atomic mass is 10.2. The monoisotopic (exact) mass is 367 g/mol. The fourth-order valence-electron chi connectivity index (χ4n) is 3.37. The summed E-state index contributed by atoms with van der Waals surface area (Å²) in [6, 6.07) is 16.0. The number of hydrogen-bond donors (Lipinski definition) is 0. The molecule has 0 spiro atoms. The van der Waals surface area contributed by atoms with E-state index >= 15 is 0 Å². The van der Waals surface area contributed by atoms with Gasteiger partial charge in [-0.25, -0.2) is 0 Å². The van der Waals surface area contributed by atoms with Crippen LogP contribution in [0.5, 0.6) is 11.5 Å². The molecule has 0 aromatic heterocycles. The SMILES string of the molecule is [B](Oc1ccccc1N1CCOCC1)Oc1ccccc1N1CCOCC1. The van der Waals surface area contributed by atoms with Crippen molar-refractivity contribution in [2.24, 2.45) is 0 Å². The van der Waals surface area contributed by atoms with Crippen LogP contribution in [-0.2, 0) is 9.47 Å². The second-order valence-electron chi connectivity index (χ2n) is 6.47. The third-order valence-corrected chi connectivity index (χ3v) is 4.78. The van der Waals surface area contributed by atoms with Crippen molar-refractivity contribution < 1.29 is 18.8 Å². The van der Waals surface area contributed by atoms with Gasteiger partial charge in [-0.1, -0.05) is 24.3 Å². The topological polar surface area (TPSA) is 43.4 Å². The Balaban J connectivity index is 1.41. The molecule has 2 aromatic carbocycles. The predicted octanol–water partition coefficient (Wildman–Crippen LogP) is 2.35. The molecule has 6 nitrogen and oxygen atoms in total. The summed E-state index contributed by atoms with van der Waals surface area (Å²) in [5.41, 5.74) is 2.12. The number of anilines is 2. The fraction of sp³-hybridized carbons (Fsp3) is 0.400. The summed E-state index contributed by atoms with van der Waals surface area (Å²) in [6.07, 6.45) is 0. The Morgan fingerprint density at radius 1 is 0.630 bits per heavy atom. The van der Waals surface area contributed by atoms with E-state index in [4.69, 9.17) is 18.8 Å². The van der Waals surface area contributed by atoms with Crippen molar-refractivity contribution in [2.45, 2.75) is 0 Å². The highest BCUT2D eigenvalue weighted by Gasteiger charge is 2.18. The first-order valence-corrected chi connectivity index (χ1v) is 9.40. The molecule has 0 unspecified atom stereocenters. The van der Waals surface area contributed by atoms with Gasteiger partial charge >= 0.3 is 7.69 Å². The summed E-state index contributed by atoms with van der Waals surface area (Å²) >= 11 is 0. The van der Waals surface area contributed by atoms with Crippen molar-refractivity contribution in [3.05, 3.63) is 48.5 Å². The minimum Gasteiger partial charge on any atom is -0.525 e. The molecule has 0 saturated carbocycles. The standard InChI is InChI=1S/C20H24BN2O4/c1-3-7-19(17(5-1)22-9-13-24-14-10-22)26-21-27-20-8-4-2-6-18(20)23-11-15-25-16-12-23/h1-8H,9-16H2. The highest BCUT2D eigenvalue weighted by atomic mass is 16.6. The number of benzene rings is 2. The Bertz CT molecular complexity index is 672. The zero-order valence-electron chi connectivity index (χ0n) is 15.4. The second kappa shape index (κ2) is 9.02. The molecule has 4 rings (SSSR count). The molecule has 0 aliphatic carbocycles. The third-order valence-electron chi connectivity index (χ3n) is 4.78. The molecular formula is C20H24BN2O4. The minimum atomic E-state index is 0.738. The lowest BCUT2D eigenvalue weighted by Gasteiger charge is -2.31. The molecule has 1 radical (unpaired) electrons. The van der Waals surface area contributed by atoms with Crippen LogP contribution in [0, 0.1) is 0 Å². The van der Waals surface area contributed by atoms with Gasteiger partial charge in [-0.05, 0) is 24.3 Å². The van der Waals surface area contributed by atoms with Gasteiger partial charge < -0.3 is 28.6 Å². The summed E-state index contributed by atoms with van der Waals surface area (Å²) < 4.78 is 22.6. The Labute approximate surface area is 160 Å². The Morgan fingerprint density at radius 3 is 1.48 bits per heavy atom. The van der Waals surface area contributed by atoms with Gasteiger partial charge in [0, 0.05) is 26.2 Å². The number of nitrogens with zero attached hydrogens (tertiary/aromatic N) is 2. The van der Waals surface area contributed by atoms with E-state index in [1.807, 2.05) is 36.4 Å². The molecule has 0 amide bonds. The number of hydrogen-bond acceptors (Lipinski definition) is 6. The summed E-state index contributed by atoms with van der Waals surface area (Å²) in [6.45, 7) is 6.40. The first-order valence-electron chi connectivity index (χ1n) is 9.40. The van der Waals surface area contributed by atoms with Gasteiger partial charge in [0.1, 0.15) is 11.5 Å². The summed E-state index contributed by atoms with van der Waals surface area (Å²) in [5, 5.41) is 0. The maximum absolute atomic E-state index is 5.86. The van der Waals surface area contributed by atoms with Crippen LogP contribution in [0.15, 0.2) is 48.5 Å².